The van der Waals surface area contributed by atoms with Crippen LogP contribution in [-0.4, -0.2) is 31.8 Å². The summed E-state index contributed by atoms with van der Waals surface area (Å²) in [5.74, 6) is 1.39. The van der Waals surface area contributed by atoms with E-state index in [1.807, 2.05) is 18.5 Å². The molecule has 2 rings (SSSR count). The van der Waals surface area contributed by atoms with Gasteiger partial charge in [0.25, 0.3) is 0 Å². The third-order valence-corrected chi connectivity index (χ3v) is 3.39. The van der Waals surface area contributed by atoms with Crippen molar-refractivity contribution in [3.8, 4) is 0 Å². The molecule has 0 aromatic carbocycles. The van der Waals surface area contributed by atoms with E-state index in [1.165, 1.54) is 11.8 Å². The van der Waals surface area contributed by atoms with E-state index in [1.54, 1.807) is 13.2 Å². The topological polar surface area (TPSA) is 65.7 Å². The fraction of sp³-hybridized carbons (Fsp3) is 0.400. The second kappa shape index (κ2) is 5.64. The van der Waals surface area contributed by atoms with Crippen molar-refractivity contribution in [3.63, 3.8) is 0 Å². The smallest absolute Gasteiger partial charge is 0.197 e. The number of ether oxygens (including phenoxy) is 1. The molecule has 96 valence electrons. The minimum atomic E-state index is 0.325. The summed E-state index contributed by atoms with van der Waals surface area (Å²) < 4.78 is 6.88. The number of aromatic nitrogens is 5. The fourth-order valence-electron chi connectivity index (χ4n) is 1.26. The van der Waals surface area contributed by atoms with Gasteiger partial charge in [-0.1, -0.05) is 11.6 Å². The van der Waals surface area contributed by atoms with Crippen molar-refractivity contribution in [1.82, 2.24) is 24.7 Å². The average Bonchev–Trinajstić information content (AvgIpc) is 2.61. The van der Waals surface area contributed by atoms with Crippen LogP contribution in [0.4, 0.5) is 0 Å². The molecule has 0 unspecified atom stereocenters. The molecule has 0 aliphatic rings. The molecule has 0 saturated heterocycles. The van der Waals surface area contributed by atoms with Gasteiger partial charge in [-0.2, -0.15) is 0 Å². The fourth-order valence-corrected chi connectivity index (χ4v) is 2.38. The molecule has 0 atom stereocenters. The van der Waals surface area contributed by atoms with Crippen molar-refractivity contribution in [2.24, 2.45) is 7.05 Å². The zero-order valence-corrected chi connectivity index (χ0v) is 11.8. The molecule has 0 fully saturated rings. The third kappa shape index (κ3) is 2.98. The van der Waals surface area contributed by atoms with Gasteiger partial charge in [0, 0.05) is 20.2 Å². The van der Waals surface area contributed by atoms with Gasteiger partial charge in [0.1, 0.15) is 22.6 Å². The Kier molecular flexibility index (Phi) is 4.15. The van der Waals surface area contributed by atoms with Crippen LogP contribution in [0.25, 0.3) is 0 Å². The minimum Gasteiger partial charge on any atom is -0.377 e. The number of rotatable bonds is 4. The van der Waals surface area contributed by atoms with Crippen molar-refractivity contribution in [2.75, 3.05) is 7.11 Å². The maximum Gasteiger partial charge on any atom is 0.197 e. The Morgan fingerprint density at radius 3 is 2.78 bits per heavy atom. The average molecular weight is 286 g/mol. The Hall–Kier alpha value is -1.18. The van der Waals surface area contributed by atoms with E-state index in [0.29, 0.717) is 17.6 Å². The van der Waals surface area contributed by atoms with Crippen molar-refractivity contribution in [1.29, 1.82) is 0 Å². The van der Waals surface area contributed by atoms with E-state index < -0.39 is 0 Å². The summed E-state index contributed by atoms with van der Waals surface area (Å²) in [6, 6.07) is 1.69. The summed E-state index contributed by atoms with van der Waals surface area (Å²) in [5, 5.41) is 9.90. The highest BCUT2D eigenvalue weighted by Crippen LogP contribution is 2.25. The standard InChI is InChI=1S/C10H12ClN5OS/c1-6-14-15-10(16(6)2)18-9-4-7(11)12-8(13-9)5-17-3/h4H,5H2,1-3H3. The molecule has 6 nitrogen and oxygen atoms in total. The zero-order valence-electron chi connectivity index (χ0n) is 10.2. The first kappa shape index (κ1) is 13.3. The number of nitrogens with zero attached hydrogens (tertiary/aromatic N) is 5. The van der Waals surface area contributed by atoms with Crippen molar-refractivity contribution in [3.05, 3.63) is 22.9 Å². The lowest BCUT2D eigenvalue weighted by Gasteiger charge is -2.04. The van der Waals surface area contributed by atoms with Gasteiger partial charge in [-0.3, -0.25) is 0 Å². The molecular formula is C10H12ClN5OS. The van der Waals surface area contributed by atoms with Crippen molar-refractivity contribution in [2.45, 2.75) is 23.7 Å². The Morgan fingerprint density at radius 1 is 1.39 bits per heavy atom. The van der Waals surface area contributed by atoms with Crippen molar-refractivity contribution >= 4 is 23.4 Å². The lowest BCUT2D eigenvalue weighted by Crippen LogP contribution is -1.99. The van der Waals surface area contributed by atoms with Gasteiger partial charge >= 0.3 is 0 Å². The van der Waals surface area contributed by atoms with Crippen LogP contribution >= 0.6 is 23.4 Å². The number of halogens is 1. The Morgan fingerprint density at radius 2 is 2.17 bits per heavy atom. The van der Waals surface area contributed by atoms with E-state index >= 15 is 0 Å². The molecule has 0 radical (unpaired) electrons. The number of methoxy groups -OCH3 is 1. The van der Waals surface area contributed by atoms with Crippen LogP contribution in [0, 0.1) is 6.92 Å². The third-order valence-electron chi connectivity index (χ3n) is 2.24. The number of hydrogen-bond acceptors (Lipinski definition) is 6. The highest BCUT2D eigenvalue weighted by atomic mass is 35.5. The van der Waals surface area contributed by atoms with Gasteiger partial charge in [0.2, 0.25) is 0 Å². The molecule has 0 aliphatic carbocycles. The summed E-state index contributed by atoms with van der Waals surface area (Å²) >= 11 is 7.32. The Balaban J connectivity index is 2.26. The lowest BCUT2D eigenvalue weighted by molar-refractivity contribution is 0.177. The minimum absolute atomic E-state index is 0.325. The van der Waals surface area contributed by atoms with E-state index in [0.717, 1.165) is 16.0 Å². The quantitative estimate of drug-likeness (QED) is 0.799. The van der Waals surface area contributed by atoms with Crippen LogP contribution in [0.5, 0.6) is 0 Å². The molecule has 0 aliphatic heterocycles. The second-order valence-corrected chi connectivity index (χ2v) is 4.94. The van der Waals surface area contributed by atoms with Crippen LogP contribution in [0.2, 0.25) is 5.15 Å². The van der Waals surface area contributed by atoms with E-state index in [9.17, 15) is 0 Å². The normalized spacial score (nSPS) is 10.9. The second-order valence-electron chi connectivity index (χ2n) is 3.57. The molecule has 0 spiro atoms. The molecule has 18 heavy (non-hydrogen) atoms. The molecule has 0 saturated carbocycles. The molecule has 8 heteroatoms. The van der Waals surface area contributed by atoms with E-state index in [4.69, 9.17) is 16.3 Å². The van der Waals surface area contributed by atoms with Crippen molar-refractivity contribution < 1.29 is 4.74 Å². The first-order chi connectivity index (χ1) is 8.60. The highest BCUT2D eigenvalue weighted by molar-refractivity contribution is 7.99. The van der Waals surface area contributed by atoms with E-state index in [-0.39, 0.29) is 0 Å². The van der Waals surface area contributed by atoms with Gasteiger partial charge in [0.05, 0.1) is 0 Å². The Labute approximate surface area is 114 Å². The van der Waals surface area contributed by atoms with Gasteiger partial charge < -0.3 is 9.30 Å². The summed E-state index contributed by atoms with van der Waals surface area (Å²) in [4.78, 5) is 8.40. The summed E-state index contributed by atoms with van der Waals surface area (Å²) in [7, 11) is 3.49. The van der Waals surface area contributed by atoms with E-state index in [2.05, 4.69) is 20.2 Å². The summed E-state index contributed by atoms with van der Waals surface area (Å²) in [6.07, 6.45) is 0. The largest absolute Gasteiger partial charge is 0.377 e. The molecular weight excluding hydrogens is 274 g/mol. The molecule has 0 N–H and O–H groups in total. The highest BCUT2D eigenvalue weighted by Gasteiger charge is 2.10. The lowest BCUT2D eigenvalue weighted by atomic mass is 10.6. The monoisotopic (exact) mass is 285 g/mol. The molecule has 2 aromatic rings. The molecule has 0 amide bonds. The van der Waals surface area contributed by atoms with Crippen LogP contribution in [0.1, 0.15) is 11.6 Å². The van der Waals surface area contributed by atoms with Gasteiger partial charge in [0.15, 0.2) is 11.0 Å². The summed E-state index contributed by atoms with van der Waals surface area (Å²) in [6.45, 7) is 2.21. The Bertz CT molecular complexity index is 559. The molecule has 2 heterocycles. The zero-order chi connectivity index (χ0) is 13.1. The maximum absolute atomic E-state index is 5.93. The first-order valence-electron chi connectivity index (χ1n) is 5.16. The SMILES string of the molecule is COCc1nc(Cl)cc(Sc2nnc(C)n2C)n1. The van der Waals surface area contributed by atoms with Gasteiger partial charge in [-0.15, -0.1) is 10.2 Å². The number of aryl methyl sites for hydroxylation is 1. The van der Waals surface area contributed by atoms with Crippen LogP contribution < -0.4 is 0 Å². The summed E-state index contributed by atoms with van der Waals surface area (Å²) in [5.41, 5.74) is 0. The first-order valence-corrected chi connectivity index (χ1v) is 6.36. The molecule has 0 bridgehead atoms. The van der Waals surface area contributed by atoms with Gasteiger partial charge in [-0.25, -0.2) is 9.97 Å². The number of hydrogen-bond donors (Lipinski definition) is 0. The maximum atomic E-state index is 5.93. The van der Waals surface area contributed by atoms with Crippen LogP contribution in [0.15, 0.2) is 16.2 Å². The van der Waals surface area contributed by atoms with Gasteiger partial charge in [-0.05, 0) is 18.7 Å². The van der Waals surface area contributed by atoms with Crippen LogP contribution in [-0.2, 0) is 18.4 Å². The predicted molar refractivity (Wildman–Crippen MR) is 67.6 cm³/mol. The molecule has 2 aromatic heterocycles. The predicted octanol–water partition coefficient (Wildman–Crippen LogP) is 1.86. The van der Waals surface area contributed by atoms with Crippen LogP contribution in [0.3, 0.4) is 0 Å².